The predicted molar refractivity (Wildman–Crippen MR) is 110 cm³/mol. The minimum atomic E-state index is -0.0540. The van der Waals surface area contributed by atoms with E-state index in [0.717, 1.165) is 44.3 Å². The molecule has 4 rings (SSSR count). The Bertz CT molecular complexity index is 701. The molecule has 6 nitrogen and oxygen atoms in total. The molecular weight excluding hydrogens is 376 g/mol. The highest BCUT2D eigenvalue weighted by molar-refractivity contribution is 6.30. The molecule has 7 heteroatoms. The van der Waals surface area contributed by atoms with E-state index in [1.807, 2.05) is 4.90 Å². The average Bonchev–Trinajstić information content (AvgIpc) is 2.84. The normalized spacial score (nSPS) is 22.2. The van der Waals surface area contributed by atoms with E-state index in [-0.39, 0.29) is 17.7 Å². The summed E-state index contributed by atoms with van der Waals surface area (Å²) in [6, 6.07) is 7.87. The third-order valence-electron chi connectivity index (χ3n) is 6.27. The fourth-order valence-corrected chi connectivity index (χ4v) is 4.36. The number of rotatable bonds is 5. The van der Waals surface area contributed by atoms with Gasteiger partial charge in [0.2, 0.25) is 11.8 Å². The van der Waals surface area contributed by atoms with Gasteiger partial charge in [-0.25, -0.2) is 0 Å². The summed E-state index contributed by atoms with van der Waals surface area (Å²) in [6.07, 6.45) is 5.06. The second kappa shape index (κ2) is 8.80. The predicted octanol–water partition coefficient (Wildman–Crippen LogP) is 2.30. The average molecular weight is 405 g/mol. The van der Waals surface area contributed by atoms with Crippen LogP contribution in [0, 0.1) is 5.92 Å². The van der Waals surface area contributed by atoms with Gasteiger partial charge in [0.1, 0.15) is 0 Å². The fourth-order valence-electron chi connectivity index (χ4n) is 4.24. The van der Waals surface area contributed by atoms with Gasteiger partial charge in [-0.05, 0) is 43.5 Å². The number of halogens is 1. The Balaban J connectivity index is 1.18. The van der Waals surface area contributed by atoms with E-state index in [4.69, 9.17) is 11.6 Å². The van der Waals surface area contributed by atoms with E-state index in [2.05, 4.69) is 15.1 Å². The van der Waals surface area contributed by atoms with Crippen molar-refractivity contribution in [2.24, 2.45) is 5.92 Å². The minimum absolute atomic E-state index is 0.0111. The number of benzene rings is 1. The Morgan fingerprint density at radius 1 is 1.00 bits per heavy atom. The highest BCUT2D eigenvalue weighted by Gasteiger charge is 2.35. The van der Waals surface area contributed by atoms with Crippen molar-refractivity contribution in [1.82, 2.24) is 14.7 Å². The van der Waals surface area contributed by atoms with Crippen molar-refractivity contribution in [3.8, 4) is 0 Å². The van der Waals surface area contributed by atoms with Crippen LogP contribution in [0.4, 0.5) is 5.69 Å². The lowest BCUT2D eigenvalue weighted by Crippen LogP contribution is -2.55. The van der Waals surface area contributed by atoms with Gasteiger partial charge in [-0.15, -0.1) is 0 Å². The van der Waals surface area contributed by atoms with Crippen LogP contribution in [0.15, 0.2) is 24.3 Å². The maximum atomic E-state index is 12.7. The molecule has 0 radical (unpaired) electrons. The molecule has 0 spiro atoms. The van der Waals surface area contributed by atoms with E-state index < -0.39 is 0 Å². The molecule has 0 bridgehead atoms. The number of anilines is 1. The van der Waals surface area contributed by atoms with Gasteiger partial charge in [-0.3, -0.25) is 19.4 Å². The molecule has 3 fully saturated rings. The molecule has 2 heterocycles. The lowest BCUT2D eigenvalue weighted by Gasteiger charge is -2.39. The van der Waals surface area contributed by atoms with Gasteiger partial charge in [0.25, 0.3) is 0 Å². The van der Waals surface area contributed by atoms with Crippen LogP contribution < -0.4 is 5.32 Å². The van der Waals surface area contributed by atoms with Crippen LogP contribution in [0.2, 0.25) is 5.02 Å². The molecule has 0 aromatic heterocycles. The van der Waals surface area contributed by atoms with Crippen molar-refractivity contribution in [3.05, 3.63) is 29.3 Å². The summed E-state index contributed by atoms with van der Waals surface area (Å²) in [6.45, 7) is 5.53. The summed E-state index contributed by atoms with van der Waals surface area (Å²) in [7, 11) is 0. The number of carbonyl (C=O) groups excluding carboxylic acids is 2. The van der Waals surface area contributed by atoms with Crippen molar-refractivity contribution >= 4 is 29.1 Å². The zero-order chi connectivity index (χ0) is 19.5. The molecule has 1 saturated carbocycles. The second-order valence-electron chi connectivity index (χ2n) is 8.24. The first kappa shape index (κ1) is 19.7. The van der Waals surface area contributed by atoms with Crippen LogP contribution in [-0.2, 0) is 9.59 Å². The van der Waals surface area contributed by atoms with E-state index >= 15 is 0 Å². The summed E-state index contributed by atoms with van der Waals surface area (Å²) >= 11 is 5.87. The molecule has 1 N–H and O–H groups in total. The summed E-state index contributed by atoms with van der Waals surface area (Å²) in [5, 5.41) is 3.57. The fraction of sp³-hybridized carbons (Fsp3) is 0.619. The number of nitrogens with one attached hydrogen (secondary N) is 1. The first-order valence-electron chi connectivity index (χ1n) is 10.4. The molecule has 1 aromatic carbocycles. The number of nitrogens with zero attached hydrogens (tertiary/aromatic N) is 3. The van der Waals surface area contributed by atoms with Gasteiger partial charge in [0.15, 0.2) is 0 Å². The van der Waals surface area contributed by atoms with Gasteiger partial charge in [-0.1, -0.05) is 18.0 Å². The van der Waals surface area contributed by atoms with Crippen molar-refractivity contribution < 1.29 is 9.59 Å². The van der Waals surface area contributed by atoms with Gasteiger partial charge < -0.3 is 10.2 Å². The number of carbonyl (C=O) groups is 2. The Labute approximate surface area is 171 Å². The third kappa shape index (κ3) is 4.67. The minimum Gasteiger partial charge on any atom is -0.340 e. The SMILES string of the molecule is O=C(Nc1ccc(Cl)cc1)C1CN(CC(=O)N2CCCN(C3CCC3)CC2)C1. The van der Waals surface area contributed by atoms with E-state index in [9.17, 15) is 9.59 Å². The summed E-state index contributed by atoms with van der Waals surface area (Å²) in [5.74, 6) is 0.158. The van der Waals surface area contributed by atoms with Gasteiger partial charge in [-0.2, -0.15) is 0 Å². The number of likely N-dealkylation sites (tertiary alicyclic amines) is 1. The van der Waals surface area contributed by atoms with Crippen LogP contribution in [0.1, 0.15) is 25.7 Å². The van der Waals surface area contributed by atoms with Crippen LogP contribution in [0.25, 0.3) is 0 Å². The lowest BCUT2D eigenvalue weighted by atomic mass is 9.91. The topological polar surface area (TPSA) is 55.9 Å². The second-order valence-corrected chi connectivity index (χ2v) is 8.68. The molecule has 1 aromatic rings. The number of amides is 2. The van der Waals surface area contributed by atoms with Crippen LogP contribution in [-0.4, -0.2) is 78.4 Å². The quantitative estimate of drug-likeness (QED) is 0.818. The molecule has 2 amide bonds. The smallest absolute Gasteiger partial charge is 0.236 e. The monoisotopic (exact) mass is 404 g/mol. The molecular formula is C21H29ClN4O2. The molecule has 0 unspecified atom stereocenters. The molecule has 3 aliphatic rings. The van der Waals surface area contributed by atoms with Gasteiger partial charge in [0, 0.05) is 56.0 Å². The van der Waals surface area contributed by atoms with Gasteiger partial charge in [0.05, 0.1) is 12.5 Å². The summed E-state index contributed by atoms with van der Waals surface area (Å²) in [4.78, 5) is 31.6. The van der Waals surface area contributed by atoms with E-state index in [1.54, 1.807) is 24.3 Å². The van der Waals surface area contributed by atoms with Crippen LogP contribution in [0.5, 0.6) is 0 Å². The van der Waals surface area contributed by atoms with Crippen molar-refractivity contribution in [2.45, 2.75) is 31.7 Å². The maximum Gasteiger partial charge on any atom is 0.236 e. The molecule has 152 valence electrons. The molecule has 2 aliphatic heterocycles. The highest BCUT2D eigenvalue weighted by Crippen LogP contribution is 2.26. The Morgan fingerprint density at radius 2 is 1.75 bits per heavy atom. The Hall–Kier alpha value is -1.63. The number of hydrogen-bond donors (Lipinski definition) is 1. The Kier molecular flexibility index (Phi) is 6.19. The highest BCUT2D eigenvalue weighted by atomic mass is 35.5. The zero-order valence-corrected chi connectivity index (χ0v) is 17.0. The Morgan fingerprint density at radius 3 is 2.43 bits per heavy atom. The lowest BCUT2D eigenvalue weighted by molar-refractivity contribution is -0.136. The largest absolute Gasteiger partial charge is 0.340 e. The van der Waals surface area contributed by atoms with Crippen molar-refractivity contribution in [3.63, 3.8) is 0 Å². The first-order chi connectivity index (χ1) is 13.6. The van der Waals surface area contributed by atoms with Crippen LogP contribution >= 0.6 is 11.6 Å². The van der Waals surface area contributed by atoms with Crippen molar-refractivity contribution in [2.75, 3.05) is 51.1 Å². The van der Waals surface area contributed by atoms with E-state index in [0.29, 0.717) is 24.7 Å². The first-order valence-corrected chi connectivity index (χ1v) is 10.8. The third-order valence-corrected chi connectivity index (χ3v) is 6.52. The van der Waals surface area contributed by atoms with Gasteiger partial charge >= 0.3 is 0 Å². The summed E-state index contributed by atoms with van der Waals surface area (Å²) < 4.78 is 0. The molecule has 0 atom stereocenters. The zero-order valence-electron chi connectivity index (χ0n) is 16.3. The standard InChI is InChI=1S/C21H29ClN4O2/c22-17-5-7-18(8-6-17)23-21(28)16-13-24(14-16)15-20(27)26-10-2-9-25(11-12-26)19-3-1-4-19/h5-8,16,19H,1-4,9-15H2,(H,23,28). The summed E-state index contributed by atoms with van der Waals surface area (Å²) in [5.41, 5.74) is 0.754. The molecule has 2 saturated heterocycles. The molecule has 1 aliphatic carbocycles. The maximum absolute atomic E-state index is 12.7. The van der Waals surface area contributed by atoms with Crippen LogP contribution in [0.3, 0.4) is 0 Å². The molecule has 28 heavy (non-hydrogen) atoms. The van der Waals surface area contributed by atoms with E-state index in [1.165, 1.54) is 19.3 Å². The van der Waals surface area contributed by atoms with Crippen molar-refractivity contribution in [1.29, 1.82) is 0 Å². The number of hydrogen-bond acceptors (Lipinski definition) is 4.